The van der Waals surface area contributed by atoms with E-state index < -0.39 is 0 Å². The molecule has 1 aromatic heterocycles. The second-order valence-corrected chi connectivity index (χ2v) is 5.21. The Morgan fingerprint density at radius 2 is 2.12 bits per heavy atom. The van der Waals surface area contributed by atoms with E-state index in [9.17, 15) is 0 Å². The van der Waals surface area contributed by atoms with E-state index in [1.165, 1.54) is 19.3 Å². The summed E-state index contributed by atoms with van der Waals surface area (Å²) in [6, 6.07) is 1.62. The molecule has 3 nitrogen and oxygen atoms in total. The number of nitrogens with one attached hydrogen (secondary N) is 1. The molecule has 0 amide bonds. The van der Waals surface area contributed by atoms with E-state index in [0.29, 0.717) is 27.1 Å². The molecule has 88 valence electrons. The van der Waals surface area contributed by atoms with Gasteiger partial charge in [-0.1, -0.05) is 30.1 Å². The highest BCUT2D eigenvalue weighted by Gasteiger charge is 2.40. The lowest BCUT2D eigenvalue weighted by molar-refractivity contribution is 0.521. The molecule has 3 N–H and O–H groups in total. The van der Waals surface area contributed by atoms with Crippen LogP contribution >= 0.6 is 23.2 Å². The third kappa shape index (κ3) is 2.36. The van der Waals surface area contributed by atoms with Gasteiger partial charge in [-0.15, -0.1) is 0 Å². The molecule has 16 heavy (non-hydrogen) atoms. The van der Waals surface area contributed by atoms with Gasteiger partial charge in [0, 0.05) is 6.54 Å². The van der Waals surface area contributed by atoms with Crippen molar-refractivity contribution in [2.75, 3.05) is 17.6 Å². The van der Waals surface area contributed by atoms with Crippen LogP contribution in [0, 0.1) is 5.41 Å². The summed E-state index contributed by atoms with van der Waals surface area (Å²) in [5, 5.41) is 4.17. The van der Waals surface area contributed by atoms with Crippen LogP contribution in [-0.4, -0.2) is 11.5 Å². The fourth-order valence-corrected chi connectivity index (χ4v) is 2.13. The zero-order chi connectivity index (χ0) is 11.8. The van der Waals surface area contributed by atoms with Crippen molar-refractivity contribution >= 4 is 34.8 Å². The van der Waals surface area contributed by atoms with Gasteiger partial charge in [0.05, 0.1) is 10.0 Å². The van der Waals surface area contributed by atoms with Crippen LogP contribution in [0.15, 0.2) is 6.07 Å². The van der Waals surface area contributed by atoms with Crippen molar-refractivity contribution in [1.82, 2.24) is 4.98 Å². The molecule has 0 bridgehead atoms. The van der Waals surface area contributed by atoms with Gasteiger partial charge in [0.15, 0.2) is 0 Å². The second kappa shape index (κ2) is 4.30. The minimum atomic E-state index is 0.315. The molecule has 1 aliphatic rings. The van der Waals surface area contributed by atoms with Gasteiger partial charge in [-0.05, 0) is 30.7 Å². The van der Waals surface area contributed by atoms with E-state index in [1.807, 2.05) is 0 Å². The quantitative estimate of drug-likeness (QED) is 0.870. The summed E-state index contributed by atoms with van der Waals surface area (Å²) in [6.45, 7) is 3.11. The van der Waals surface area contributed by atoms with Crippen molar-refractivity contribution in [2.24, 2.45) is 5.41 Å². The van der Waals surface area contributed by atoms with Gasteiger partial charge in [-0.3, -0.25) is 0 Å². The van der Waals surface area contributed by atoms with Gasteiger partial charge < -0.3 is 11.1 Å². The molecule has 1 saturated carbocycles. The van der Waals surface area contributed by atoms with Gasteiger partial charge in [0.2, 0.25) is 0 Å². The molecule has 0 radical (unpaired) electrons. The second-order valence-electron chi connectivity index (χ2n) is 4.39. The highest BCUT2D eigenvalue weighted by Crippen LogP contribution is 2.48. The Bertz CT molecular complexity index is 402. The lowest BCUT2D eigenvalue weighted by atomic mass is 10.0. The fourth-order valence-electron chi connectivity index (χ4n) is 1.71. The molecule has 2 rings (SSSR count). The molecule has 0 atom stereocenters. The highest BCUT2D eigenvalue weighted by molar-refractivity contribution is 6.37. The highest BCUT2D eigenvalue weighted by atomic mass is 35.5. The van der Waals surface area contributed by atoms with Crippen LogP contribution < -0.4 is 11.1 Å². The normalized spacial score (nSPS) is 17.2. The van der Waals surface area contributed by atoms with E-state index in [4.69, 9.17) is 28.9 Å². The van der Waals surface area contributed by atoms with Crippen LogP contribution in [0.4, 0.5) is 11.6 Å². The maximum Gasteiger partial charge on any atom is 0.147 e. The van der Waals surface area contributed by atoms with E-state index in [0.717, 1.165) is 6.54 Å². The van der Waals surface area contributed by atoms with Gasteiger partial charge in [-0.2, -0.15) is 0 Å². The monoisotopic (exact) mass is 259 g/mol. The first kappa shape index (κ1) is 11.8. The molecule has 0 unspecified atom stereocenters. The smallest absolute Gasteiger partial charge is 0.147 e. The first-order valence-corrected chi connectivity index (χ1v) is 6.17. The number of hydrogen-bond acceptors (Lipinski definition) is 3. The number of aromatic nitrogens is 1. The maximum absolute atomic E-state index is 6.03. The average molecular weight is 260 g/mol. The van der Waals surface area contributed by atoms with Gasteiger partial charge >= 0.3 is 0 Å². The molecule has 0 saturated heterocycles. The summed E-state index contributed by atoms with van der Waals surface area (Å²) in [6.07, 6.45) is 3.73. The van der Waals surface area contributed by atoms with E-state index in [1.54, 1.807) is 6.07 Å². The minimum Gasteiger partial charge on any atom is -0.382 e. The van der Waals surface area contributed by atoms with Crippen molar-refractivity contribution in [1.29, 1.82) is 0 Å². The molecular weight excluding hydrogens is 245 g/mol. The molecule has 1 aliphatic carbocycles. The largest absolute Gasteiger partial charge is 0.382 e. The molecule has 0 aromatic carbocycles. The predicted molar refractivity (Wildman–Crippen MR) is 69.1 cm³/mol. The van der Waals surface area contributed by atoms with Crippen LogP contribution in [0.2, 0.25) is 10.0 Å². The average Bonchev–Trinajstić information content (AvgIpc) is 3.02. The zero-order valence-electron chi connectivity index (χ0n) is 9.19. The van der Waals surface area contributed by atoms with Crippen molar-refractivity contribution in [3.05, 3.63) is 16.1 Å². The summed E-state index contributed by atoms with van der Waals surface area (Å²) >= 11 is 11.8. The molecular formula is C11H15Cl2N3. The molecule has 1 fully saturated rings. The van der Waals surface area contributed by atoms with Gasteiger partial charge in [0.25, 0.3) is 0 Å². The molecule has 0 spiro atoms. The minimum absolute atomic E-state index is 0.315. The van der Waals surface area contributed by atoms with Crippen molar-refractivity contribution in [2.45, 2.75) is 26.2 Å². The number of anilines is 2. The Labute approximate surface area is 105 Å². The first-order valence-electron chi connectivity index (χ1n) is 5.42. The number of nitrogens with zero attached hydrogens (tertiary/aromatic N) is 1. The topological polar surface area (TPSA) is 50.9 Å². The Balaban J connectivity index is 2.07. The van der Waals surface area contributed by atoms with E-state index in [2.05, 4.69) is 17.2 Å². The van der Waals surface area contributed by atoms with Crippen LogP contribution in [0.1, 0.15) is 26.2 Å². The van der Waals surface area contributed by atoms with E-state index in [-0.39, 0.29) is 0 Å². The standard InChI is InChI=1S/C11H15Cl2N3/c1-2-11(3-4-11)6-15-10-8(13)5-7(12)9(14)16-10/h5H,2-4,6H2,1H3,(H3,14,15,16). The Morgan fingerprint density at radius 3 is 2.69 bits per heavy atom. The fraction of sp³-hybridized carbons (Fsp3) is 0.545. The van der Waals surface area contributed by atoms with Gasteiger partial charge in [0.1, 0.15) is 11.6 Å². The van der Waals surface area contributed by atoms with Crippen molar-refractivity contribution < 1.29 is 0 Å². The summed E-state index contributed by atoms with van der Waals surface area (Å²) in [7, 11) is 0. The van der Waals surface area contributed by atoms with Crippen molar-refractivity contribution in [3.63, 3.8) is 0 Å². The number of nitrogens with two attached hydrogens (primary N) is 1. The lowest BCUT2D eigenvalue weighted by Crippen LogP contribution is -2.15. The SMILES string of the molecule is CCC1(CNc2nc(N)c(Cl)cc2Cl)CC1. The van der Waals surface area contributed by atoms with Crippen LogP contribution in [0.5, 0.6) is 0 Å². The Hall–Kier alpha value is -0.670. The number of rotatable bonds is 4. The van der Waals surface area contributed by atoms with Crippen LogP contribution in [0.25, 0.3) is 0 Å². The maximum atomic E-state index is 6.03. The Morgan fingerprint density at radius 1 is 1.44 bits per heavy atom. The predicted octanol–water partition coefficient (Wildman–Crippen LogP) is 3.57. The number of pyridine rings is 1. The van der Waals surface area contributed by atoms with Gasteiger partial charge in [-0.25, -0.2) is 4.98 Å². The number of halogens is 2. The zero-order valence-corrected chi connectivity index (χ0v) is 10.7. The molecule has 0 aliphatic heterocycles. The number of nitrogen functional groups attached to an aromatic ring is 1. The summed E-state index contributed by atoms with van der Waals surface area (Å²) in [4.78, 5) is 4.14. The third-order valence-electron chi connectivity index (χ3n) is 3.29. The lowest BCUT2D eigenvalue weighted by Gasteiger charge is -2.15. The van der Waals surface area contributed by atoms with Crippen LogP contribution in [-0.2, 0) is 0 Å². The third-order valence-corrected chi connectivity index (χ3v) is 3.89. The summed E-state index contributed by atoms with van der Waals surface area (Å²) in [5.74, 6) is 0.943. The molecule has 1 heterocycles. The first-order chi connectivity index (χ1) is 7.56. The van der Waals surface area contributed by atoms with Crippen LogP contribution in [0.3, 0.4) is 0 Å². The number of hydrogen-bond donors (Lipinski definition) is 2. The molecule has 5 heteroatoms. The summed E-state index contributed by atoms with van der Waals surface area (Å²) in [5.41, 5.74) is 6.08. The Kier molecular flexibility index (Phi) is 3.17. The summed E-state index contributed by atoms with van der Waals surface area (Å²) < 4.78 is 0. The molecule has 1 aromatic rings. The van der Waals surface area contributed by atoms with E-state index >= 15 is 0 Å². The van der Waals surface area contributed by atoms with Crippen molar-refractivity contribution in [3.8, 4) is 0 Å².